The van der Waals surface area contributed by atoms with E-state index in [4.69, 9.17) is 4.98 Å². The minimum absolute atomic E-state index is 0.134. The summed E-state index contributed by atoms with van der Waals surface area (Å²) in [6.07, 6.45) is 9.16. The summed E-state index contributed by atoms with van der Waals surface area (Å²) in [5, 5.41) is 3.54. The van der Waals surface area contributed by atoms with Gasteiger partial charge in [0.1, 0.15) is 11.7 Å². The summed E-state index contributed by atoms with van der Waals surface area (Å²) in [5.74, 6) is 2.31. The second-order valence-electron chi connectivity index (χ2n) is 10.5. The average Bonchev–Trinajstić information content (AvgIpc) is 3.35. The Labute approximate surface area is 203 Å². The molecule has 9 heteroatoms. The van der Waals surface area contributed by atoms with Crippen LogP contribution in [0.4, 0.5) is 17.5 Å². The molecule has 1 aliphatic carbocycles. The van der Waals surface area contributed by atoms with Gasteiger partial charge < -0.3 is 24.9 Å². The van der Waals surface area contributed by atoms with E-state index in [2.05, 4.69) is 29.0 Å². The zero-order chi connectivity index (χ0) is 24.4. The Hall–Kier alpha value is -2.42. The number of likely N-dealkylation sites (N-methyl/N-ethyl adjacent to an activating group) is 2. The molecule has 3 aliphatic rings. The summed E-state index contributed by atoms with van der Waals surface area (Å²) in [6.45, 7) is 6.34. The van der Waals surface area contributed by atoms with Gasteiger partial charge in [-0.25, -0.2) is 4.98 Å². The number of piperidine rings is 1. The number of aromatic nitrogens is 2. The monoisotopic (exact) mass is 471 g/mol. The van der Waals surface area contributed by atoms with E-state index >= 15 is 0 Å². The maximum absolute atomic E-state index is 13.1. The van der Waals surface area contributed by atoms with E-state index in [9.17, 15) is 9.59 Å². The number of fused-ring (bicyclic) bond motifs is 1. The van der Waals surface area contributed by atoms with E-state index in [-0.39, 0.29) is 23.9 Å². The first-order valence-electron chi connectivity index (χ1n) is 12.9. The minimum Gasteiger partial charge on any atom is -0.351 e. The summed E-state index contributed by atoms with van der Waals surface area (Å²) in [7, 11) is 5.69. The summed E-state index contributed by atoms with van der Waals surface area (Å²) in [5.41, 5.74) is 0.799. The van der Waals surface area contributed by atoms with Gasteiger partial charge in [0.05, 0.1) is 12.7 Å². The number of nitrogens with one attached hydrogen (secondary N) is 1. The summed E-state index contributed by atoms with van der Waals surface area (Å²) < 4.78 is 0. The third kappa shape index (κ3) is 4.99. The van der Waals surface area contributed by atoms with E-state index < -0.39 is 0 Å². The molecule has 0 spiro atoms. The summed E-state index contributed by atoms with van der Waals surface area (Å²) in [4.78, 5) is 42.9. The molecule has 1 aromatic rings. The maximum Gasteiger partial charge on any atom is 0.249 e. The molecule has 9 nitrogen and oxygen atoms in total. The van der Waals surface area contributed by atoms with Crippen LogP contribution >= 0.6 is 0 Å². The minimum atomic E-state index is -0.162. The van der Waals surface area contributed by atoms with Crippen molar-refractivity contribution in [2.45, 2.75) is 76.9 Å². The van der Waals surface area contributed by atoms with Crippen molar-refractivity contribution in [3.8, 4) is 0 Å². The van der Waals surface area contributed by atoms with Crippen molar-refractivity contribution in [1.29, 1.82) is 0 Å². The molecule has 2 atom stereocenters. The van der Waals surface area contributed by atoms with E-state index in [0.29, 0.717) is 24.5 Å². The van der Waals surface area contributed by atoms with E-state index in [1.54, 1.807) is 11.1 Å². The standard InChI is InChI=1S/C25H41N7O2/c1-6-20-24(34)30(5)21-15-26-25(28-23(21)32(20)19-9-7-8-10-19)27-17(2)18-11-13-31(14-12-18)22(33)16-29(3)4/h15,17-20H,6-14,16H2,1-5H3,(H,26,27,28)/t17-,20?/m0/s1. The highest BCUT2D eigenvalue weighted by molar-refractivity contribution is 6.04. The number of nitrogens with zero attached hydrogens (tertiary/aromatic N) is 6. The molecule has 188 valence electrons. The van der Waals surface area contributed by atoms with Crippen LogP contribution in [0.25, 0.3) is 0 Å². The molecule has 2 fully saturated rings. The molecule has 1 N–H and O–H groups in total. The Kier molecular flexibility index (Phi) is 7.60. The number of carbonyl (C=O) groups excluding carboxylic acids is 2. The van der Waals surface area contributed by atoms with Gasteiger partial charge in [-0.15, -0.1) is 0 Å². The number of hydrogen-bond donors (Lipinski definition) is 1. The Balaban J connectivity index is 1.46. The topological polar surface area (TPSA) is 84.9 Å². The molecule has 1 aromatic heterocycles. The molecule has 2 aliphatic heterocycles. The lowest BCUT2D eigenvalue weighted by molar-refractivity contribution is -0.133. The van der Waals surface area contributed by atoms with Crippen LogP contribution in [0.5, 0.6) is 0 Å². The van der Waals surface area contributed by atoms with Crippen molar-refractivity contribution in [2.24, 2.45) is 5.92 Å². The molecule has 0 aromatic carbocycles. The fourth-order valence-electron chi connectivity index (χ4n) is 5.79. The number of likely N-dealkylation sites (tertiary alicyclic amines) is 1. The Morgan fingerprint density at radius 2 is 1.88 bits per heavy atom. The second-order valence-corrected chi connectivity index (χ2v) is 10.5. The van der Waals surface area contributed by atoms with Gasteiger partial charge in [0.15, 0.2) is 5.82 Å². The Morgan fingerprint density at radius 3 is 2.50 bits per heavy atom. The largest absolute Gasteiger partial charge is 0.351 e. The highest BCUT2D eigenvalue weighted by atomic mass is 16.2. The smallest absolute Gasteiger partial charge is 0.249 e. The average molecular weight is 472 g/mol. The summed E-state index contributed by atoms with van der Waals surface area (Å²) >= 11 is 0. The Morgan fingerprint density at radius 1 is 1.21 bits per heavy atom. The Bertz CT molecular complexity index is 878. The predicted octanol–water partition coefficient (Wildman–Crippen LogP) is 2.58. The molecule has 3 heterocycles. The second kappa shape index (κ2) is 10.5. The van der Waals surface area contributed by atoms with Crippen LogP contribution < -0.4 is 15.1 Å². The van der Waals surface area contributed by atoms with Gasteiger partial charge in [0.2, 0.25) is 17.8 Å². The molecular weight excluding hydrogens is 430 g/mol. The van der Waals surface area contributed by atoms with Gasteiger partial charge >= 0.3 is 0 Å². The van der Waals surface area contributed by atoms with Crippen molar-refractivity contribution in [1.82, 2.24) is 19.8 Å². The molecule has 1 saturated heterocycles. The van der Waals surface area contributed by atoms with Crippen molar-refractivity contribution < 1.29 is 9.59 Å². The molecule has 0 radical (unpaired) electrons. The lowest BCUT2D eigenvalue weighted by Crippen LogP contribution is -2.55. The first-order valence-corrected chi connectivity index (χ1v) is 12.9. The number of anilines is 3. The molecule has 34 heavy (non-hydrogen) atoms. The SMILES string of the molecule is CCC1C(=O)N(C)c2cnc(N[C@@H](C)C3CCN(C(=O)CN(C)C)CC3)nc2N1C1CCCC1. The van der Waals surface area contributed by atoms with Gasteiger partial charge in [-0.05, 0) is 59.0 Å². The zero-order valence-electron chi connectivity index (χ0n) is 21.5. The first kappa shape index (κ1) is 24.7. The molecular formula is C25H41N7O2. The normalized spacial score (nSPS) is 22.9. The van der Waals surface area contributed by atoms with Crippen LogP contribution in [0.15, 0.2) is 6.20 Å². The van der Waals surface area contributed by atoms with Crippen molar-refractivity contribution in [3.63, 3.8) is 0 Å². The van der Waals surface area contributed by atoms with Crippen molar-refractivity contribution >= 4 is 29.3 Å². The molecule has 1 unspecified atom stereocenters. The van der Waals surface area contributed by atoms with Crippen LogP contribution in [0.3, 0.4) is 0 Å². The van der Waals surface area contributed by atoms with Crippen LogP contribution in [0, 0.1) is 5.92 Å². The number of hydrogen-bond acceptors (Lipinski definition) is 7. The van der Waals surface area contributed by atoms with Gasteiger partial charge in [-0.1, -0.05) is 19.8 Å². The van der Waals surface area contributed by atoms with Gasteiger partial charge in [0, 0.05) is 32.2 Å². The van der Waals surface area contributed by atoms with E-state index in [1.807, 2.05) is 30.9 Å². The van der Waals surface area contributed by atoms with Gasteiger partial charge in [0.25, 0.3) is 0 Å². The van der Waals surface area contributed by atoms with Crippen LogP contribution in [-0.2, 0) is 9.59 Å². The maximum atomic E-state index is 13.1. The summed E-state index contributed by atoms with van der Waals surface area (Å²) in [6, 6.07) is 0.407. The highest BCUT2D eigenvalue weighted by Gasteiger charge is 2.41. The van der Waals surface area contributed by atoms with Gasteiger partial charge in [-0.3, -0.25) is 9.59 Å². The lowest BCUT2D eigenvalue weighted by Gasteiger charge is -2.43. The number of carbonyl (C=O) groups is 2. The van der Waals surface area contributed by atoms with E-state index in [0.717, 1.165) is 56.7 Å². The quantitative estimate of drug-likeness (QED) is 0.654. The first-order chi connectivity index (χ1) is 16.3. The zero-order valence-corrected chi connectivity index (χ0v) is 21.5. The molecule has 4 rings (SSSR count). The lowest BCUT2D eigenvalue weighted by atomic mass is 9.90. The van der Waals surface area contributed by atoms with Crippen LogP contribution in [0.1, 0.15) is 58.8 Å². The van der Waals surface area contributed by atoms with Gasteiger partial charge in [-0.2, -0.15) is 4.98 Å². The predicted molar refractivity (Wildman–Crippen MR) is 135 cm³/mol. The van der Waals surface area contributed by atoms with Crippen molar-refractivity contribution in [2.75, 3.05) is 55.9 Å². The van der Waals surface area contributed by atoms with Crippen molar-refractivity contribution in [3.05, 3.63) is 6.20 Å². The number of amides is 2. The third-order valence-corrected chi connectivity index (χ3v) is 7.82. The third-order valence-electron chi connectivity index (χ3n) is 7.82. The highest BCUT2D eigenvalue weighted by Crippen LogP contribution is 2.40. The number of rotatable bonds is 7. The molecule has 1 saturated carbocycles. The van der Waals surface area contributed by atoms with Crippen LogP contribution in [0.2, 0.25) is 0 Å². The van der Waals surface area contributed by atoms with Crippen LogP contribution in [-0.4, -0.2) is 90.5 Å². The fourth-order valence-corrected chi connectivity index (χ4v) is 5.79. The molecule has 2 amide bonds. The molecule has 0 bridgehead atoms. The fraction of sp³-hybridized carbons (Fsp3) is 0.760. The van der Waals surface area contributed by atoms with E-state index in [1.165, 1.54) is 12.8 Å².